The molecular weight excluding hydrogens is 264 g/mol. The first-order valence-corrected chi connectivity index (χ1v) is 6.73. The van der Waals surface area contributed by atoms with E-state index in [0.717, 1.165) is 5.56 Å². The number of hydrogen-bond acceptors (Lipinski definition) is 4. The van der Waals surface area contributed by atoms with E-state index >= 15 is 0 Å². The summed E-state index contributed by atoms with van der Waals surface area (Å²) in [6.07, 6.45) is 2.24. The fraction of sp³-hybridized carbons (Fsp3) is 0.125. The van der Waals surface area contributed by atoms with Crippen LogP contribution in [-0.4, -0.2) is 21.2 Å². The molecule has 0 amide bonds. The van der Waals surface area contributed by atoms with Gasteiger partial charge in [0.2, 0.25) is 0 Å². The number of benzene rings is 1. The summed E-state index contributed by atoms with van der Waals surface area (Å²) >= 11 is 0. The largest absolute Gasteiger partial charge is 0.382 e. The average Bonchev–Trinajstić information content (AvgIpc) is 2.83. The van der Waals surface area contributed by atoms with Crippen LogP contribution in [0, 0.1) is 0 Å². The molecule has 5 nitrogen and oxygen atoms in total. The minimum atomic E-state index is -0.644. The van der Waals surface area contributed by atoms with Crippen LogP contribution < -0.4 is 11.5 Å². The molecule has 2 heterocycles. The third kappa shape index (κ3) is 2.51. The minimum absolute atomic E-state index is 0.199. The number of imidazole rings is 1. The van der Waals surface area contributed by atoms with E-state index in [1.54, 1.807) is 16.7 Å². The van der Waals surface area contributed by atoms with Gasteiger partial charge in [-0.15, -0.1) is 0 Å². The van der Waals surface area contributed by atoms with Gasteiger partial charge in [0.05, 0.1) is 6.04 Å². The molecule has 4 N–H and O–H groups in total. The van der Waals surface area contributed by atoms with Gasteiger partial charge >= 0.3 is 0 Å². The fourth-order valence-corrected chi connectivity index (χ4v) is 2.40. The Balaban J connectivity index is 1.91. The van der Waals surface area contributed by atoms with Crippen LogP contribution in [0.25, 0.3) is 5.65 Å². The number of aromatic nitrogens is 2. The second-order valence-electron chi connectivity index (χ2n) is 4.93. The molecule has 0 aliphatic heterocycles. The third-order valence-electron chi connectivity index (χ3n) is 3.43. The molecule has 0 unspecified atom stereocenters. The predicted octanol–water partition coefficient (Wildman–Crippen LogP) is 1.67. The maximum absolute atomic E-state index is 12.6. The predicted molar refractivity (Wildman–Crippen MR) is 82.1 cm³/mol. The van der Waals surface area contributed by atoms with E-state index in [9.17, 15) is 4.79 Å². The van der Waals surface area contributed by atoms with Crippen LogP contribution in [0.5, 0.6) is 0 Å². The van der Waals surface area contributed by atoms with Crippen LogP contribution in [0.1, 0.15) is 16.1 Å². The van der Waals surface area contributed by atoms with Gasteiger partial charge in [-0.3, -0.25) is 9.20 Å². The lowest BCUT2D eigenvalue weighted by Gasteiger charge is -2.11. The van der Waals surface area contributed by atoms with Gasteiger partial charge in [-0.1, -0.05) is 36.4 Å². The molecule has 0 bridgehead atoms. The van der Waals surface area contributed by atoms with Crippen molar-refractivity contribution in [3.05, 3.63) is 66.0 Å². The molecule has 5 heteroatoms. The summed E-state index contributed by atoms with van der Waals surface area (Å²) in [6, 6.07) is 14.5. The number of nitrogens with two attached hydrogens (primary N) is 2. The van der Waals surface area contributed by atoms with Crippen LogP contribution in [-0.2, 0) is 6.42 Å². The van der Waals surface area contributed by atoms with Crippen molar-refractivity contribution in [2.24, 2.45) is 5.73 Å². The number of ketones is 1. The number of fused-ring (bicyclic) bond motifs is 1. The highest BCUT2D eigenvalue weighted by molar-refractivity contribution is 6.03. The molecule has 0 radical (unpaired) electrons. The fourth-order valence-electron chi connectivity index (χ4n) is 2.40. The Bertz CT molecular complexity index is 779. The van der Waals surface area contributed by atoms with E-state index in [1.165, 1.54) is 0 Å². The van der Waals surface area contributed by atoms with Gasteiger partial charge in [-0.05, 0) is 24.1 Å². The van der Waals surface area contributed by atoms with Gasteiger partial charge in [0.25, 0.3) is 0 Å². The topological polar surface area (TPSA) is 86.4 Å². The zero-order valence-corrected chi connectivity index (χ0v) is 11.4. The Morgan fingerprint density at radius 2 is 1.86 bits per heavy atom. The van der Waals surface area contributed by atoms with E-state index in [-0.39, 0.29) is 11.6 Å². The van der Waals surface area contributed by atoms with Crippen molar-refractivity contribution in [2.75, 3.05) is 5.73 Å². The van der Waals surface area contributed by atoms with Crippen molar-refractivity contribution in [1.82, 2.24) is 9.38 Å². The van der Waals surface area contributed by atoms with Crippen molar-refractivity contribution >= 4 is 17.2 Å². The summed E-state index contributed by atoms with van der Waals surface area (Å²) in [5.74, 6) is 0.0183. The number of nitrogens with zero attached hydrogens (tertiary/aromatic N) is 2. The maximum atomic E-state index is 12.6. The Hall–Kier alpha value is -2.66. The average molecular weight is 280 g/mol. The number of pyridine rings is 1. The zero-order valence-electron chi connectivity index (χ0n) is 11.4. The second-order valence-corrected chi connectivity index (χ2v) is 4.93. The zero-order chi connectivity index (χ0) is 14.8. The van der Waals surface area contributed by atoms with E-state index in [4.69, 9.17) is 11.5 Å². The highest BCUT2D eigenvalue weighted by atomic mass is 16.1. The van der Waals surface area contributed by atoms with Crippen LogP contribution in [0.3, 0.4) is 0 Å². The Morgan fingerprint density at radius 3 is 2.62 bits per heavy atom. The quantitative estimate of drug-likeness (QED) is 0.712. The van der Waals surface area contributed by atoms with Crippen LogP contribution in [0.4, 0.5) is 5.82 Å². The van der Waals surface area contributed by atoms with Crippen LogP contribution in [0.2, 0.25) is 0 Å². The molecule has 1 aromatic carbocycles. The molecule has 106 valence electrons. The normalized spacial score (nSPS) is 12.4. The molecule has 2 aromatic heterocycles. The van der Waals surface area contributed by atoms with Crippen LogP contribution >= 0.6 is 0 Å². The number of carbonyl (C=O) groups is 1. The van der Waals surface area contributed by atoms with Crippen molar-refractivity contribution in [3.8, 4) is 0 Å². The molecule has 0 saturated heterocycles. The van der Waals surface area contributed by atoms with Gasteiger partial charge in [0, 0.05) is 6.20 Å². The van der Waals surface area contributed by atoms with E-state index in [2.05, 4.69) is 4.98 Å². The van der Waals surface area contributed by atoms with Crippen molar-refractivity contribution in [3.63, 3.8) is 0 Å². The van der Waals surface area contributed by atoms with Gasteiger partial charge in [0.15, 0.2) is 11.6 Å². The van der Waals surface area contributed by atoms with Gasteiger partial charge < -0.3 is 11.5 Å². The first-order chi connectivity index (χ1) is 10.2. The Labute approximate surface area is 122 Å². The second kappa shape index (κ2) is 5.38. The van der Waals surface area contributed by atoms with Crippen molar-refractivity contribution < 1.29 is 4.79 Å². The summed E-state index contributed by atoms with van der Waals surface area (Å²) in [4.78, 5) is 16.8. The Morgan fingerprint density at radius 1 is 1.14 bits per heavy atom. The molecule has 0 aliphatic rings. The van der Waals surface area contributed by atoms with Crippen LogP contribution in [0.15, 0.2) is 54.7 Å². The highest BCUT2D eigenvalue weighted by Crippen LogP contribution is 2.17. The number of hydrogen-bond donors (Lipinski definition) is 2. The minimum Gasteiger partial charge on any atom is -0.382 e. The molecule has 3 aromatic rings. The lowest BCUT2D eigenvalue weighted by molar-refractivity contribution is 0.0956. The smallest absolute Gasteiger partial charge is 0.200 e. The lowest BCUT2D eigenvalue weighted by atomic mass is 10.0. The number of anilines is 1. The molecule has 0 saturated carbocycles. The van der Waals surface area contributed by atoms with Crippen molar-refractivity contribution in [2.45, 2.75) is 12.5 Å². The monoisotopic (exact) mass is 280 g/mol. The summed E-state index contributed by atoms with van der Waals surface area (Å²) in [5.41, 5.74) is 13.9. The van der Waals surface area contributed by atoms with E-state index in [0.29, 0.717) is 17.8 Å². The van der Waals surface area contributed by atoms with Gasteiger partial charge in [-0.25, -0.2) is 4.98 Å². The van der Waals surface area contributed by atoms with E-state index in [1.807, 2.05) is 42.5 Å². The first-order valence-electron chi connectivity index (χ1n) is 6.73. The number of nitrogen functional groups attached to an aromatic ring is 1. The third-order valence-corrected chi connectivity index (χ3v) is 3.43. The van der Waals surface area contributed by atoms with E-state index < -0.39 is 6.04 Å². The summed E-state index contributed by atoms with van der Waals surface area (Å²) < 4.78 is 1.68. The van der Waals surface area contributed by atoms with Gasteiger partial charge in [0.1, 0.15) is 11.3 Å². The molecule has 3 rings (SSSR count). The first kappa shape index (κ1) is 13.3. The molecule has 1 atom stereocenters. The summed E-state index contributed by atoms with van der Waals surface area (Å²) in [5, 5.41) is 0. The van der Waals surface area contributed by atoms with Crippen molar-refractivity contribution in [1.29, 1.82) is 0 Å². The Kier molecular flexibility index (Phi) is 3.41. The SMILES string of the molecule is Nc1nc2ccccn2c1C(=O)[C@@H](N)Cc1ccccc1. The molecule has 0 spiro atoms. The summed E-state index contributed by atoms with van der Waals surface area (Å²) in [6.45, 7) is 0. The number of Topliss-reactive ketones (excluding diaryl/α,β-unsaturated/α-hetero) is 1. The highest BCUT2D eigenvalue weighted by Gasteiger charge is 2.23. The lowest BCUT2D eigenvalue weighted by Crippen LogP contribution is -2.34. The molecular formula is C16H16N4O. The number of carbonyl (C=O) groups excluding carboxylic acids is 1. The maximum Gasteiger partial charge on any atom is 0.200 e. The standard InChI is InChI=1S/C16H16N4O/c17-12(10-11-6-2-1-3-7-11)15(21)14-16(18)19-13-8-4-5-9-20(13)14/h1-9,12H,10,17-18H2/t12-/m0/s1. The molecule has 0 fully saturated rings. The summed E-state index contributed by atoms with van der Waals surface area (Å²) in [7, 11) is 0. The number of rotatable bonds is 4. The molecule has 0 aliphatic carbocycles. The molecule has 21 heavy (non-hydrogen) atoms. The van der Waals surface area contributed by atoms with Gasteiger partial charge in [-0.2, -0.15) is 0 Å².